The largest absolute Gasteiger partial charge is 0.426 e. The topological polar surface area (TPSA) is 66.8 Å². The number of carbonyl (C=O) groups is 2. The van der Waals surface area contributed by atoms with E-state index in [9.17, 15) is 23.5 Å². The highest BCUT2D eigenvalue weighted by Gasteiger charge is 2.48. The first-order valence-corrected chi connectivity index (χ1v) is 11.9. The Bertz CT molecular complexity index is 1220. The van der Waals surface area contributed by atoms with Crippen molar-refractivity contribution in [2.45, 2.75) is 45.8 Å². The summed E-state index contributed by atoms with van der Waals surface area (Å²) in [6, 6.07) is 18.0. The summed E-state index contributed by atoms with van der Waals surface area (Å²) in [7, 11) is 0. The Morgan fingerprint density at radius 3 is 2.06 bits per heavy atom. The third-order valence-electron chi connectivity index (χ3n) is 6.37. The number of esters is 1. The third-order valence-corrected chi connectivity index (χ3v) is 6.37. The van der Waals surface area contributed by atoms with Gasteiger partial charge in [0.1, 0.15) is 17.4 Å². The first kappa shape index (κ1) is 25.5. The van der Waals surface area contributed by atoms with Crippen LogP contribution < -0.4 is 9.64 Å². The number of rotatable bonds is 7. The van der Waals surface area contributed by atoms with Crippen LogP contribution in [0.2, 0.25) is 0 Å². The molecule has 3 aromatic rings. The molecule has 0 aliphatic carbocycles. The Labute approximate surface area is 209 Å². The second-order valence-electron chi connectivity index (χ2n) is 10.1. The molecule has 2 unspecified atom stereocenters. The van der Waals surface area contributed by atoms with E-state index in [1.54, 1.807) is 49.9 Å². The minimum absolute atomic E-state index is 0.124. The molecule has 1 fully saturated rings. The van der Waals surface area contributed by atoms with Gasteiger partial charge in [-0.2, -0.15) is 0 Å². The lowest BCUT2D eigenvalue weighted by Crippen LogP contribution is -2.55. The summed E-state index contributed by atoms with van der Waals surface area (Å²) < 4.78 is 32.2. The van der Waals surface area contributed by atoms with Gasteiger partial charge in [0.15, 0.2) is 0 Å². The summed E-state index contributed by atoms with van der Waals surface area (Å²) in [5.74, 6) is -1.26. The van der Waals surface area contributed by atoms with Gasteiger partial charge in [-0.15, -0.1) is 0 Å². The van der Waals surface area contributed by atoms with Crippen LogP contribution in [0.15, 0.2) is 72.8 Å². The Balaban J connectivity index is 1.54. The molecule has 188 valence electrons. The van der Waals surface area contributed by atoms with Crippen molar-refractivity contribution in [2.24, 2.45) is 11.3 Å². The molecule has 1 saturated heterocycles. The summed E-state index contributed by atoms with van der Waals surface area (Å²) in [5, 5.41) is 10.6. The average Bonchev–Trinajstić information content (AvgIpc) is 2.84. The second kappa shape index (κ2) is 10.2. The van der Waals surface area contributed by atoms with Crippen LogP contribution in [0, 0.1) is 23.0 Å². The van der Waals surface area contributed by atoms with Gasteiger partial charge in [-0.3, -0.25) is 9.59 Å². The highest BCUT2D eigenvalue weighted by molar-refractivity contribution is 6.03. The smallest absolute Gasteiger partial charge is 0.316 e. The summed E-state index contributed by atoms with van der Waals surface area (Å²) in [6.07, 6.45) is -0.115. The van der Waals surface area contributed by atoms with Crippen LogP contribution >= 0.6 is 0 Å². The zero-order chi connectivity index (χ0) is 26.0. The summed E-state index contributed by atoms with van der Waals surface area (Å²) in [6.45, 7) is 5.32. The van der Waals surface area contributed by atoms with Crippen molar-refractivity contribution in [1.29, 1.82) is 0 Å². The lowest BCUT2D eigenvalue weighted by molar-refractivity contribution is -0.143. The van der Waals surface area contributed by atoms with E-state index >= 15 is 0 Å². The number of nitrogens with zero attached hydrogens (tertiary/aromatic N) is 1. The molecule has 0 radical (unpaired) electrons. The number of carbonyl (C=O) groups excluding carboxylic acids is 2. The van der Waals surface area contributed by atoms with E-state index in [2.05, 4.69) is 0 Å². The molecule has 1 heterocycles. The normalized spacial score (nSPS) is 18.5. The lowest BCUT2D eigenvalue weighted by Gasteiger charge is -2.48. The molecule has 3 atom stereocenters. The maximum absolute atomic E-state index is 13.5. The quantitative estimate of drug-likeness (QED) is 0.244. The van der Waals surface area contributed by atoms with E-state index in [4.69, 9.17) is 4.74 Å². The highest BCUT2D eigenvalue weighted by atomic mass is 19.1. The van der Waals surface area contributed by atoms with E-state index in [1.807, 2.05) is 12.1 Å². The monoisotopic (exact) mass is 493 g/mol. The van der Waals surface area contributed by atoms with E-state index in [0.29, 0.717) is 29.8 Å². The fourth-order valence-corrected chi connectivity index (χ4v) is 4.28. The molecule has 4 rings (SSSR count). The van der Waals surface area contributed by atoms with Crippen molar-refractivity contribution < 1.29 is 28.2 Å². The molecule has 36 heavy (non-hydrogen) atoms. The molecule has 1 aliphatic rings. The van der Waals surface area contributed by atoms with Gasteiger partial charge >= 0.3 is 5.97 Å². The Morgan fingerprint density at radius 1 is 0.944 bits per heavy atom. The number of aliphatic hydroxyl groups is 1. The Morgan fingerprint density at radius 2 is 1.50 bits per heavy atom. The first-order valence-electron chi connectivity index (χ1n) is 11.9. The number of benzene rings is 3. The molecule has 0 spiro atoms. The van der Waals surface area contributed by atoms with Crippen molar-refractivity contribution in [3.8, 4) is 5.75 Å². The van der Waals surface area contributed by atoms with Gasteiger partial charge in [-0.25, -0.2) is 8.78 Å². The van der Waals surface area contributed by atoms with E-state index in [-0.39, 0.29) is 23.7 Å². The summed E-state index contributed by atoms with van der Waals surface area (Å²) in [4.78, 5) is 27.0. The SMILES string of the molecule is CC(C)(C)C(=O)Oc1ccc(C2C(CC[C@H](O)c3ccc(F)cc3)C(=O)N2c2ccc(F)cc2)cc1. The Kier molecular flexibility index (Phi) is 7.22. The fourth-order valence-electron chi connectivity index (χ4n) is 4.28. The number of anilines is 1. The van der Waals surface area contributed by atoms with Crippen molar-refractivity contribution in [2.75, 3.05) is 4.90 Å². The Hall–Kier alpha value is -3.58. The predicted molar refractivity (Wildman–Crippen MR) is 132 cm³/mol. The molecule has 0 bridgehead atoms. The minimum atomic E-state index is -0.835. The molecule has 0 aromatic heterocycles. The molecule has 0 saturated carbocycles. The van der Waals surface area contributed by atoms with Crippen LogP contribution in [-0.2, 0) is 9.59 Å². The fraction of sp³-hybridized carbons (Fsp3) is 0.310. The van der Waals surface area contributed by atoms with E-state index < -0.39 is 23.3 Å². The third kappa shape index (κ3) is 5.46. The molecule has 1 N–H and O–H groups in total. The van der Waals surface area contributed by atoms with Crippen molar-refractivity contribution in [3.05, 3.63) is 95.6 Å². The van der Waals surface area contributed by atoms with Crippen LogP contribution in [0.4, 0.5) is 14.5 Å². The van der Waals surface area contributed by atoms with Gasteiger partial charge in [-0.05, 0) is 93.3 Å². The van der Waals surface area contributed by atoms with Gasteiger partial charge in [0.2, 0.25) is 5.91 Å². The number of halogens is 2. The number of amides is 1. The number of hydrogen-bond donors (Lipinski definition) is 1. The number of ether oxygens (including phenoxy) is 1. The van der Waals surface area contributed by atoms with Crippen LogP contribution in [-0.4, -0.2) is 17.0 Å². The molecular formula is C29H29F2NO4. The van der Waals surface area contributed by atoms with Crippen LogP contribution in [0.3, 0.4) is 0 Å². The lowest BCUT2D eigenvalue weighted by atomic mass is 9.78. The second-order valence-corrected chi connectivity index (χ2v) is 10.1. The van der Waals surface area contributed by atoms with Crippen LogP contribution in [0.25, 0.3) is 0 Å². The van der Waals surface area contributed by atoms with Crippen molar-refractivity contribution >= 4 is 17.6 Å². The maximum Gasteiger partial charge on any atom is 0.316 e. The molecule has 5 nitrogen and oxygen atoms in total. The summed E-state index contributed by atoms with van der Waals surface area (Å²) >= 11 is 0. The van der Waals surface area contributed by atoms with Crippen LogP contribution in [0.1, 0.15) is 56.9 Å². The molecule has 7 heteroatoms. The van der Waals surface area contributed by atoms with E-state index in [0.717, 1.165) is 5.56 Å². The highest BCUT2D eigenvalue weighted by Crippen LogP contribution is 2.46. The zero-order valence-electron chi connectivity index (χ0n) is 20.4. The number of β-lactam (4-membered cyclic amide) rings is 1. The number of aliphatic hydroxyl groups excluding tert-OH is 1. The van der Waals surface area contributed by atoms with Gasteiger partial charge in [0.05, 0.1) is 23.5 Å². The molecule has 3 aromatic carbocycles. The first-order chi connectivity index (χ1) is 17.0. The van der Waals surface area contributed by atoms with Crippen molar-refractivity contribution in [1.82, 2.24) is 0 Å². The van der Waals surface area contributed by atoms with Gasteiger partial charge < -0.3 is 14.7 Å². The molecule has 1 amide bonds. The van der Waals surface area contributed by atoms with E-state index in [1.165, 1.54) is 36.4 Å². The van der Waals surface area contributed by atoms with Gasteiger partial charge in [-0.1, -0.05) is 24.3 Å². The minimum Gasteiger partial charge on any atom is -0.426 e. The number of hydrogen-bond acceptors (Lipinski definition) is 4. The zero-order valence-corrected chi connectivity index (χ0v) is 20.4. The maximum atomic E-state index is 13.5. The summed E-state index contributed by atoms with van der Waals surface area (Å²) in [5.41, 5.74) is 1.34. The van der Waals surface area contributed by atoms with Gasteiger partial charge in [0, 0.05) is 5.69 Å². The average molecular weight is 494 g/mol. The van der Waals surface area contributed by atoms with Crippen LogP contribution in [0.5, 0.6) is 5.75 Å². The molecular weight excluding hydrogens is 464 g/mol. The van der Waals surface area contributed by atoms with Gasteiger partial charge in [0.25, 0.3) is 0 Å². The van der Waals surface area contributed by atoms with Crippen molar-refractivity contribution in [3.63, 3.8) is 0 Å². The predicted octanol–water partition coefficient (Wildman–Crippen LogP) is 6.13. The standard InChI is InChI=1S/C29H29F2NO4/c1-29(2,3)28(35)36-23-14-6-19(7-15-23)26-24(16-17-25(33)18-4-8-20(30)9-5-18)27(34)32(26)22-12-10-21(31)11-13-22/h4-15,24-26,33H,16-17H2,1-3H3/t24?,25-,26?/m0/s1. The molecule has 1 aliphatic heterocycles.